The smallest absolute Gasteiger partial charge is 0.343 e. The predicted octanol–water partition coefficient (Wildman–Crippen LogP) is 3.80. The maximum absolute atomic E-state index is 13.2. The highest BCUT2D eigenvalue weighted by Gasteiger charge is 2.38. The third kappa shape index (κ3) is 2.77. The number of esters is 1. The SMILES string of the molecule is CCOC(=O)c1c(C)nn2c1NC(c1ccc(F)cc1)CC2(C)C. The van der Waals surface area contributed by atoms with Crippen LogP contribution in [-0.2, 0) is 10.3 Å². The monoisotopic (exact) mass is 331 g/mol. The quantitative estimate of drug-likeness (QED) is 0.869. The van der Waals surface area contributed by atoms with Crippen molar-refractivity contribution in [3.05, 3.63) is 46.9 Å². The van der Waals surface area contributed by atoms with Crippen molar-refractivity contribution in [3.63, 3.8) is 0 Å². The Bertz CT molecular complexity index is 765. The number of aromatic nitrogens is 2. The van der Waals surface area contributed by atoms with Gasteiger partial charge in [-0.1, -0.05) is 12.1 Å². The van der Waals surface area contributed by atoms with E-state index < -0.39 is 0 Å². The van der Waals surface area contributed by atoms with Crippen molar-refractivity contribution in [2.24, 2.45) is 0 Å². The fourth-order valence-electron chi connectivity index (χ4n) is 3.24. The number of carbonyl (C=O) groups excluding carboxylic acids is 1. The zero-order valence-electron chi connectivity index (χ0n) is 14.4. The van der Waals surface area contributed by atoms with Gasteiger partial charge in [-0.25, -0.2) is 13.9 Å². The van der Waals surface area contributed by atoms with Gasteiger partial charge < -0.3 is 10.1 Å². The van der Waals surface area contributed by atoms with Gasteiger partial charge in [0.05, 0.1) is 23.9 Å². The number of aryl methyl sites for hydroxylation is 1. The van der Waals surface area contributed by atoms with Gasteiger partial charge in [0.15, 0.2) is 0 Å². The number of fused-ring (bicyclic) bond motifs is 1. The number of anilines is 1. The summed E-state index contributed by atoms with van der Waals surface area (Å²) in [5.74, 6) is 0.0257. The van der Waals surface area contributed by atoms with Gasteiger partial charge in [-0.2, -0.15) is 5.10 Å². The maximum atomic E-state index is 13.2. The molecule has 0 saturated carbocycles. The minimum Gasteiger partial charge on any atom is -0.462 e. The van der Waals surface area contributed by atoms with Crippen molar-refractivity contribution in [3.8, 4) is 0 Å². The lowest BCUT2D eigenvalue weighted by Crippen LogP contribution is -2.38. The maximum Gasteiger partial charge on any atom is 0.343 e. The number of nitrogens with zero attached hydrogens (tertiary/aromatic N) is 2. The molecule has 6 heteroatoms. The Hall–Kier alpha value is -2.37. The molecule has 0 bridgehead atoms. The molecule has 3 rings (SSSR count). The summed E-state index contributed by atoms with van der Waals surface area (Å²) in [4.78, 5) is 12.3. The van der Waals surface area contributed by atoms with Gasteiger partial charge in [-0.15, -0.1) is 0 Å². The van der Waals surface area contributed by atoms with E-state index in [2.05, 4.69) is 24.3 Å². The molecule has 1 atom stereocenters. The third-order valence-electron chi connectivity index (χ3n) is 4.40. The fourth-order valence-corrected chi connectivity index (χ4v) is 3.24. The van der Waals surface area contributed by atoms with Gasteiger partial charge in [0.2, 0.25) is 0 Å². The van der Waals surface area contributed by atoms with E-state index in [1.54, 1.807) is 19.1 Å². The Morgan fingerprint density at radius 2 is 2.08 bits per heavy atom. The number of halogens is 1. The van der Waals surface area contributed by atoms with Crippen LogP contribution in [0.25, 0.3) is 0 Å². The van der Waals surface area contributed by atoms with Crippen LogP contribution in [0.1, 0.15) is 54.8 Å². The first-order chi connectivity index (χ1) is 11.3. The first-order valence-corrected chi connectivity index (χ1v) is 8.12. The van der Waals surface area contributed by atoms with Crippen molar-refractivity contribution in [2.75, 3.05) is 11.9 Å². The van der Waals surface area contributed by atoms with Crippen LogP contribution < -0.4 is 5.32 Å². The molecule has 0 amide bonds. The number of ether oxygens (including phenoxy) is 1. The highest BCUT2D eigenvalue weighted by atomic mass is 19.1. The molecule has 0 spiro atoms. The minimum absolute atomic E-state index is 0.0302. The average molecular weight is 331 g/mol. The molecule has 1 N–H and O–H groups in total. The Balaban J connectivity index is 2.04. The van der Waals surface area contributed by atoms with Crippen molar-refractivity contribution in [1.82, 2.24) is 9.78 Å². The second kappa shape index (κ2) is 5.92. The molecular weight excluding hydrogens is 309 g/mol. The molecule has 5 nitrogen and oxygen atoms in total. The van der Waals surface area contributed by atoms with E-state index in [1.165, 1.54) is 12.1 Å². The molecule has 128 valence electrons. The number of hydrogen-bond acceptors (Lipinski definition) is 4. The van der Waals surface area contributed by atoms with E-state index in [1.807, 2.05) is 11.6 Å². The molecule has 1 aliphatic rings. The van der Waals surface area contributed by atoms with Crippen LogP contribution in [-0.4, -0.2) is 22.4 Å². The molecule has 2 heterocycles. The van der Waals surface area contributed by atoms with E-state index in [9.17, 15) is 9.18 Å². The summed E-state index contributed by atoms with van der Waals surface area (Å²) >= 11 is 0. The second-order valence-corrected chi connectivity index (χ2v) is 6.71. The summed E-state index contributed by atoms with van der Waals surface area (Å²) < 4.78 is 20.2. The lowest BCUT2D eigenvalue weighted by molar-refractivity contribution is 0.0526. The zero-order valence-corrected chi connectivity index (χ0v) is 14.4. The van der Waals surface area contributed by atoms with Crippen molar-refractivity contribution in [1.29, 1.82) is 0 Å². The molecule has 0 fully saturated rings. The molecule has 0 saturated heterocycles. The average Bonchev–Trinajstić information content (AvgIpc) is 2.85. The third-order valence-corrected chi connectivity index (χ3v) is 4.40. The lowest BCUT2D eigenvalue weighted by Gasteiger charge is -2.38. The Morgan fingerprint density at radius 3 is 2.71 bits per heavy atom. The number of rotatable bonds is 3. The summed E-state index contributed by atoms with van der Waals surface area (Å²) in [5, 5.41) is 7.94. The van der Waals surface area contributed by atoms with Crippen LogP contribution in [0.5, 0.6) is 0 Å². The number of hydrogen-bond donors (Lipinski definition) is 1. The van der Waals surface area contributed by atoms with Gasteiger partial charge in [0.1, 0.15) is 17.2 Å². The molecule has 1 aliphatic heterocycles. The summed E-state index contributed by atoms with van der Waals surface area (Å²) in [6.07, 6.45) is 0.773. The number of benzene rings is 1. The first-order valence-electron chi connectivity index (χ1n) is 8.12. The highest BCUT2D eigenvalue weighted by Crippen LogP contribution is 2.41. The van der Waals surface area contributed by atoms with Gasteiger partial charge in [-0.3, -0.25) is 0 Å². The summed E-state index contributed by atoms with van der Waals surface area (Å²) in [6.45, 7) is 8.06. The lowest BCUT2D eigenvalue weighted by atomic mass is 9.89. The first kappa shape index (κ1) is 16.5. The van der Waals surface area contributed by atoms with E-state index >= 15 is 0 Å². The van der Waals surface area contributed by atoms with Crippen molar-refractivity contribution < 1.29 is 13.9 Å². The normalized spacial score (nSPS) is 18.6. The Morgan fingerprint density at radius 1 is 1.42 bits per heavy atom. The van der Waals surface area contributed by atoms with Crippen LogP contribution in [0.4, 0.5) is 10.2 Å². The van der Waals surface area contributed by atoms with Gasteiger partial charge in [0.25, 0.3) is 0 Å². The van der Waals surface area contributed by atoms with Crippen LogP contribution in [0, 0.1) is 12.7 Å². The number of carbonyl (C=O) groups is 1. The van der Waals surface area contributed by atoms with Crippen LogP contribution in [0.15, 0.2) is 24.3 Å². The molecule has 0 aliphatic carbocycles. The topological polar surface area (TPSA) is 56.1 Å². The minimum atomic E-state index is -0.376. The van der Waals surface area contributed by atoms with Crippen LogP contribution in [0.3, 0.4) is 0 Å². The zero-order chi connectivity index (χ0) is 17.5. The molecule has 2 aromatic rings. The molecule has 1 unspecified atom stereocenters. The number of nitrogens with one attached hydrogen (secondary N) is 1. The second-order valence-electron chi connectivity index (χ2n) is 6.71. The van der Waals surface area contributed by atoms with Gasteiger partial charge in [0, 0.05) is 0 Å². The largest absolute Gasteiger partial charge is 0.462 e. The van der Waals surface area contributed by atoms with Crippen LogP contribution in [0.2, 0.25) is 0 Å². The highest BCUT2D eigenvalue weighted by molar-refractivity contribution is 5.96. The fraction of sp³-hybridized carbons (Fsp3) is 0.444. The Kier molecular flexibility index (Phi) is 4.07. The van der Waals surface area contributed by atoms with Crippen molar-refractivity contribution >= 4 is 11.8 Å². The van der Waals surface area contributed by atoms with E-state index in [0.29, 0.717) is 23.7 Å². The summed E-state index contributed by atoms with van der Waals surface area (Å²) in [5.41, 5.74) is 1.81. The van der Waals surface area contributed by atoms with E-state index in [-0.39, 0.29) is 23.4 Å². The van der Waals surface area contributed by atoms with Crippen LogP contribution >= 0.6 is 0 Å². The van der Waals surface area contributed by atoms with E-state index in [4.69, 9.17) is 4.74 Å². The summed E-state index contributed by atoms with van der Waals surface area (Å²) in [6, 6.07) is 6.41. The van der Waals surface area contributed by atoms with E-state index in [0.717, 1.165) is 12.0 Å². The Labute approximate surface area is 140 Å². The predicted molar refractivity (Wildman–Crippen MR) is 89.6 cm³/mol. The van der Waals surface area contributed by atoms with Crippen molar-refractivity contribution in [2.45, 2.75) is 45.7 Å². The standard InChI is InChI=1S/C18H22FN3O2/c1-5-24-17(23)15-11(2)21-22-16(15)20-14(10-18(22,3)4)12-6-8-13(19)9-7-12/h6-9,14,20H,5,10H2,1-4H3. The van der Waals surface area contributed by atoms with Gasteiger partial charge >= 0.3 is 5.97 Å². The van der Waals surface area contributed by atoms with Gasteiger partial charge in [-0.05, 0) is 51.8 Å². The molecule has 24 heavy (non-hydrogen) atoms. The summed E-state index contributed by atoms with van der Waals surface area (Å²) in [7, 11) is 0. The molecule has 1 aromatic heterocycles. The molecule has 0 radical (unpaired) electrons. The molecule has 1 aromatic carbocycles. The molecular formula is C18H22FN3O2.